The molecule has 0 spiro atoms. The molecule has 1 N–H and O–H groups in total. The van der Waals surface area contributed by atoms with Gasteiger partial charge < -0.3 is 15.1 Å². The normalized spacial score (nSPS) is 19.2. The van der Waals surface area contributed by atoms with E-state index in [-0.39, 0.29) is 0 Å². The Morgan fingerprint density at radius 2 is 1.00 bits per heavy atom. The second kappa shape index (κ2) is 20.3. The van der Waals surface area contributed by atoms with Gasteiger partial charge in [-0.15, -0.1) is 0 Å². The third-order valence-corrected chi connectivity index (χ3v) is 9.12. The molecule has 3 fully saturated rings. The van der Waals surface area contributed by atoms with Gasteiger partial charge in [-0.1, -0.05) is 71.8 Å². The Morgan fingerprint density at radius 3 is 1.41 bits per heavy atom. The van der Waals surface area contributed by atoms with Crippen LogP contribution in [0.15, 0.2) is 73.6 Å². The van der Waals surface area contributed by atoms with E-state index in [1.54, 1.807) is 12.5 Å². The molecule has 246 valence electrons. The fourth-order valence-electron chi connectivity index (χ4n) is 5.59. The average Bonchev–Trinajstić information content (AvgIpc) is 3.10. The van der Waals surface area contributed by atoms with Crippen LogP contribution in [0.4, 0.5) is 0 Å². The molecule has 3 aromatic heterocycles. The van der Waals surface area contributed by atoms with Crippen molar-refractivity contribution < 1.29 is 0 Å². The lowest BCUT2D eigenvalue weighted by molar-refractivity contribution is 0.244. The number of nitrogens with one attached hydrogen (secondary N) is 1. The van der Waals surface area contributed by atoms with Gasteiger partial charge in [-0.3, -0.25) is 0 Å². The van der Waals surface area contributed by atoms with E-state index >= 15 is 0 Å². The molecule has 6 rings (SSSR count). The third kappa shape index (κ3) is 14.2. The Bertz CT molecular complexity index is 1320. The molecule has 0 unspecified atom stereocenters. The van der Waals surface area contributed by atoms with Crippen LogP contribution in [-0.2, 0) is 0 Å². The molecule has 0 saturated carbocycles. The molecule has 7 nitrogen and oxygen atoms in total. The van der Waals surface area contributed by atoms with Crippen molar-refractivity contribution in [1.82, 2.24) is 35.1 Å². The maximum Gasteiger partial charge on any atom is 0.129 e. The molecule has 0 radical (unpaired) electrons. The van der Waals surface area contributed by atoms with Crippen LogP contribution in [0.25, 0.3) is 18.2 Å². The van der Waals surface area contributed by atoms with Gasteiger partial charge in [0.15, 0.2) is 0 Å². The molecule has 3 aromatic rings. The minimum Gasteiger partial charge on any atom is -0.317 e. The lowest BCUT2D eigenvalue weighted by atomic mass is 9.96. The van der Waals surface area contributed by atoms with Crippen LogP contribution in [0.2, 0.25) is 10.3 Å². The van der Waals surface area contributed by atoms with Gasteiger partial charge in [-0.05, 0) is 133 Å². The van der Waals surface area contributed by atoms with E-state index in [0.29, 0.717) is 22.1 Å². The number of hydrogen-bond donors (Lipinski definition) is 1. The summed E-state index contributed by atoms with van der Waals surface area (Å²) in [5.41, 5.74) is 3.35. The zero-order valence-electron chi connectivity index (χ0n) is 27.3. The first-order chi connectivity index (χ1) is 22.4. The van der Waals surface area contributed by atoms with Crippen molar-refractivity contribution in [2.24, 2.45) is 17.8 Å². The van der Waals surface area contributed by atoms with Gasteiger partial charge in [0.05, 0.1) is 0 Å². The lowest BCUT2D eigenvalue weighted by Gasteiger charge is -2.26. The predicted octanol–water partition coefficient (Wildman–Crippen LogP) is 7.67. The standard InChI is InChI=1S/C13H17ClN2.C12H15ClN2.C12H17N3/c1-16-8-6-11(7-9-16)2-3-12-4-5-13(14)15-10-12;13-12-4-3-11(9-15-12)2-1-10-5-7-14-8-6-10;1-15-6-4-11(5-7-15)2-3-12-8-13-10-14-9-12/h2-5,10-11H,6-9H2,1H3;1-4,9-10,14H,5-8H2;2-3,8-11H,4-7H2,1H3/b3-2+;2-1+;3-2+. The Kier molecular flexibility index (Phi) is 15.9. The summed E-state index contributed by atoms with van der Waals surface area (Å²) in [5, 5.41) is 4.46. The molecule has 9 heteroatoms. The highest BCUT2D eigenvalue weighted by atomic mass is 35.5. The summed E-state index contributed by atoms with van der Waals surface area (Å²) in [5.74, 6) is 2.15. The Balaban J connectivity index is 0.000000157. The number of likely N-dealkylation sites (tertiary alicyclic amines) is 2. The summed E-state index contributed by atoms with van der Waals surface area (Å²) in [6.45, 7) is 7.09. The highest BCUT2D eigenvalue weighted by molar-refractivity contribution is 6.29. The van der Waals surface area contributed by atoms with E-state index in [2.05, 4.69) is 85.6 Å². The first-order valence-corrected chi connectivity index (χ1v) is 17.3. The molecule has 6 heterocycles. The summed E-state index contributed by atoms with van der Waals surface area (Å²) in [6.07, 6.45) is 29.7. The molecule has 3 aliphatic heterocycles. The van der Waals surface area contributed by atoms with Crippen LogP contribution < -0.4 is 5.32 Å². The summed E-state index contributed by atoms with van der Waals surface area (Å²) in [7, 11) is 4.37. The maximum atomic E-state index is 5.74. The zero-order chi connectivity index (χ0) is 32.4. The van der Waals surface area contributed by atoms with Crippen molar-refractivity contribution in [3.8, 4) is 0 Å². The van der Waals surface area contributed by atoms with E-state index in [1.807, 2.05) is 42.9 Å². The fourth-order valence-corrected chi connectivity index (χ4v) is 5.81. The van der Waals surface area contributed by atoms with Gasteiger partial charge in [0.25, 0.3) is 0 Å². The van der Waals surface area contributed by atoms with Crippen LogP contribution in [0.3, 0.4) is 0 Å². The molecule has 0 bridgehead atoms. The lowest BCUT2D eigenvalue weighted by Crippen LogP contribution is -2.29. The number of pyridine rings is 2. The number of aromatic nitrogens is 4. The van der Waals surface area contributed by atoms with Crippen molar-refractivity contribution in [3.63, 3.8) is 0 Å². The van der Waals surface area contributed by atoms with Gasteiger partial charge >= 0.3 is 0 Å². The van der Waals surface area contributed by atoms with Gasteiger partial charge in [-0.2, -0.15) is 0 Å². The van der Waals surface area contributed by atoms with Crippen LogP contribution in [0, 0.1) is 17.8 Å². The summed E-state index contributed by atoms with van der Waals surface area (Å²) in [4.78, 5) is 20.9. The molecule has 0 aliphatic carbocycles. The number of piperidine rings is 3. The summed E-state index contributed by atoms with van der Waals surface area (Å²) < 4.78 is 0. The number of allylic oxidation sites excluding steroid dienone is 3. The van der Waals surface area contributed by atoms with E-state index < -0.39 is 0 Å². The van der Waals surface area contributed by atoms with E-state index in [1.165, 1.54) is 64.7 Å². The van der Waals surface area contributed by atoms with Gasteiger partial charge in [0.1, 0.15) is 16.6 Å². The largest absolute Gasteiger partial charge is 0.317 e. The van der Waals surface area contributed by atoms with Crippen molar-refractivity contribution >= 4 is 41.4 Å². The maximum absolute atomic E-state index is 5.74. The second-order valence-electron chi connectivity index (χ2n) is 12.4. The van der Waals surface area contributed by atoms with Gasteiger partial charge in [0.2, 0.25) is 0 Å². The van der Waals surface area contributed by atoms with Crippen LogP contribution >= 0.6 is 23.2 Å². The van der Waals surface area contributed by atoms with Crippen molar-refractivity contribution in [2.75, 3.05) is 53.4 Å². The highest BCUT2D eigenvalue weighted by Crippen LogP contribution is 2.20. The number of nitrogens with zero attached hydrogens (tertiary/aromatic N) is 6. The van der Waals surface area contributed by atoms with Crippen molar-refractivity contribution in [2.45, 2.75) is 38.5 Å². The fraction of sp³-hybridized carbons (Fsp3) is 0.459. The minimum absolute atomic E-state index is 0.550. The molecule has 0 atom stereocenters. The SMILES string of the molecule is CN1CCC(/C=C/c2ccc(Cl)nc2)CC1.CN1CCC(/C=C/c2cncnc2)CC1.Clc1ccc(/C=C/C2CCNCC2)cn1. The molecular weight excluding hydrogens is 613 g/mol. The van der Waals surface area contributed by atoms with Crippen molar-refractivity contribution in [3.05, 3.63) is 101 Å². The summed E-state index contributed by atoms with van der Waals surface area (Å²) in [6, 6.07) is 7.65. The molecule has 0 aromatic carbocycles. The molecular formula is C37H49Cl2N7. The van der Waals surface area contributed by atoms with E-state index in [4.69, 9.17) is 23.2 Å². The number of hydrogen-bond acceptors (Lipinski definition) is 7. The predicted molar refractivity (Wildman–Crippen MR) is 194 cm³/mol. The molecule has 0 amide bonds. The number of rotatable bonds is 6. The van der Waals surface area contributed by atoms with Crippen molar-refractivity contribution in [1.29, 1.82) is 0 Å². The smallest absolute Gasteiger partial charge is 0.129 e. The first-order valence-electron chi connectivity index (χ1n) is 16.5. The average molecular weight is 663 g/mol. The first kappa shape index (κ1) is 35.9. The Labute approximate surface area is 285 Å². The van der Waals surface area contributed by atoms with Gasteiger partial charge in [-0.25, -0.2) is 19.9 Å². The monoisotopic (exact) mass is 661 g/mol. The van der Waals surface area contributed by atoms with Crippen LogP contribution in [0.5, 0.6) is 0 Å². The van der Waals surface area contributed by atoms with Gasteiger partial charge in [0, 0.05) is 30.4 Å². The molecule has 3 saturated heterocycles. The molecule has 3 aliphatic rings. The minimum atomic E-state index is 0.550. The van der Waals surface area contributed by atoms with Crippen LogP contribution in [0.1, 0.15) is 55.2 Å². The molecule has 46 heavy (non-hydrogen) atoms. The van der Waals surface area contributed by atoms with E-state index in [0.717, 1.165) is 35.7 Å². The quantitative estimate of drug-likeness (QED) is 0.272. The van der Waals surface area contributed by atoms with E-state index in [9.17, 15) is 0 Å². The Hall–Kier alpha value is -2.94. The zero-order valence-corrected chi connectivity index (χ0v) is 28.8. The van der Waals surface area contributed by atoms with Crippen LogP contribution in [-0.4, -0.2) is 83.1 Å². The highest BCUT2D eigenvalue weighted by Gasteiger charge is 2.14. The third-order valence-electron chi connectivity index (χ3n) is 8.67. The number of halogens is 2. The topological polar surface area (TPSA) is 70.1 Å². The summed E-state index contributed by atoms with van der Waals surface area (Å²) >= 11 is 11.5. The second-order valence-corrected chi connectivity index (χ2v) is 13.2. The Morgan fingerprint density at radius 1 is 0.587 bits per heavy atom.